The van der Waals surface area contributed by atoms with E-state index in [0.717, 1.165) is 128 Å². The minimum atomic E-state index is -4.92. The molecule has 0 amide bonds. The fourth-order valence-corrected chi connectivity index (χ4v) is 9.50. The number of hydrogen-bond acceptors (Lipinski definition) is 14. The molecule has 0 fully saturated rings. The first-order chi connectivity index (χ1) is 40.2. The third kappa shape index (κ3) is 60.0. The number of hydrogen-bond donors (Lipinski definition) is 4. The van der Waals surface area contributed by atoms with Crippen molar-refractivity contribution < 1.29 is 75.8 Å². The fourth-order valence-electron chi connectivity index (χ4n) is 7.91. The summed E-state index contributed by atoms with van der Waals surface area (Å²) in [5, 5.41) is 20.5. The van der Waals surface area contributed by atoms with E-state index in [1.807, 2.05) is 0 Å². The predicted molar refractivity (Wildman–Crippen MR) is 334 cm³/mol. The van der Waals surface area contributed by atoms with Crippen LogP contribution in [0.5, 0.6) is 0 Å². The first kappa shape index (κ1) is 79.5. The van der Waals surface area contributed by atoms with E-state index >= 15 is 0 Å². The normalized spacial score (nSPS) is 15.0. The van der Waals surface area contributed by atoms with Crippen LogP contribution in [0, 0.1) is 0 Å². The van der Waals surface area contributed by atoms with E-state index in [0.29, 0.717) is 19.3 Å². The third-order valence-electron chi connectivity index (χ3n) is 12.8. The quantitative estimate of drug-likeness (QED) is 0.0146. The molecule has 0 saturated heterocycles. The van der Waals surface area contributed by atoms with Gasteiger partial charge in [-0.3, -0.25) is 32.5 Å². The molecule has 0 aromatic carbocycles. The van der Waals surface area contributed by atoms with Gasteiger partial charge in [0.25, 0.3) is 0 Å². The number of rotatable bonds is 59. The van der Waals surface area contributed by atoms with E-state index in [-0.39, 0.29) is 19.3 Å². The summed E-state index contributed by atoms with van der Waals surface area (Å²) in [6, 6.07) is 0. The molecule has 0 rings (SSSR count). The van der Waals surface area contributed by atoms with Crippen LogP contribution < -0.4 is 0 Å². The van der Waals surface area contributed by atoms with Crippen LogP contribution in [0.3, 0.4) is 0 Å². The van der Waals surface area contributed by atoms with E-state index < -0.39 is 91.5 Å². The summed E-state index contributed by atoms with van der Waals surface area (Å²) in [6.45, 7) is 2.43. The van der Waals surface area contributed by atoms with Crippen LogP contribution >= 0.6 is 15.6 Å². The summed E-state index contributed by atoms with van der Waals surface area (Å²) in [7, 11) is -9.78. The lowest BCUT2D eigenvalue weighted by atomic mass is 10.1. The van der Waals surface area contributed by atoms with Crippen molar-refractivity contribution in [2.75, 3.05) is 39.6 Å². The molecule has 0 saturated carbocycles. The van der Waals surface area contributed by atoms with Crippen LogP contribution in [0.2, 0.25) is 0 Å². The van der Waals surface area contributed by atoms with Crippen LogP contribution in [-0.4, -0.2) is 95.9 Å². The molecule has 0 aliphatic carbocycles. The van der Waals surface area contributed by atoms with Crippen molar-refractivity contribution >= 4 is 33.6 Å². The summed E-state index contributed by atoms with van der Waals surface area (Å²) in [4.78, 5) is 58.1. The Hall–Kier alpha value is -3.53. The van der Waals surface area contributed by atoms with Crippen LogP contribution in [0.4, 0.5) is 0 Å². The van der Waals surface area contributed by atoms with Gasteiger partial charge in [0.2, 0.25) is 0 Å². The maximum absolute atomic E-state index is 12.8. The third-order valence-corrected chi connectivity index (χ3v) is 14.7. The van der Waals surface area contributed by atoms with Crippen molar-refractivity contribution in [2.24, 2.45) is 0 Å². The number of aliphatic hydroxyl groups is 2. The standard InChI is InChI=1S/C65H112O16P2/c1-4-7-10-13-16-19-22-25-26-27-28-29-30-31-32-35-37-39-42-45-48-51-63(68)75-54-60(66)55-77-82(71,72)78-56-61(67)57-79-83(73,74)80-59-62(81-65(70)53-50-47-44-41-38-34-24-21-18-15-12-9-6-3)58-76-64(69)52-49-46-43-40-36-33-23-20-17-14-11-8-5-2/h7,10,16,19-21,23-26,28-29,31-32,37,39,60-62,66-67H,4-6,8-9,11-15,17-18,22,27,30,33-36,38,40-59H2,1-3H3,(H,71,72)(H,73,74)/b10-7-,19-16-,23-20-,24-21-,26-25-,29-28-,32-31-,39-37-. The number of allylic oxidation sites excluding steroid dienone is 16. The van der Waals surface area contributed by atoms with Crippen molar-refractivity contribution in [3.8, 4) is 0 Å². The van der Waals surface area contributed by atoms with E-state index in [2.05, 4.69) is 118 Å². The maximum atomic E-state index is 12.8. The topological polar surface area (TPSA) is 231 Å². The number of carbonyl (C=O) groups excluding carboxylic acids is 3. The van der Waals surface area contributed by atoms with Crippen LogP contribution in [0.25, 0.3) is 0 Å². The second kappa shape index (κ2) is 58.8. The SMILES string of the molecule is CC/C=C\C/C=C\C/C=C\C/C=C\C/C=C\C/C=C\CCCCC(=O)OCC(O)COP(=O)(O)OCC(O)COP(=O)(O)OCC(COC(=O)CCCCCCC/C=C\CCCCCC)OC(=O)CCCCCCC/C=C\CCCCCC. The molecule has 0 heterocycles. The number of esters is 3. The molecule has 83 heavy (non-hydrogen) atoms. The lowest BCUT2D eigenvalue weighted by molar-refractivity contribution is -0.161. The van der Waals surface area contributed by atoms with E-state index in [1.54, 1.807) is 0 Å². The summed E-state index contributed by atoms with van der Waals surface area (Å²) in [5.41, 5.74) is 0. The Morgan fingerprint density at radius 1 is 0.349 bits per heavy atom. The van der Waals surface area contributed by atoms with Crippen LogP contribution in [0.15, 0.2) is 97.2 Å². The van der Waals surface area contributed by atoms with Gasteiger partial charge in [0.15, 0.2) is 6.10 Å². The Morgan fingerprint density at radius 2 is 0.639 bits per heavy atom. The fraction of sp³-hybridized carbons (Fsp3) is 0.708. The van der Waals surface area contributed by atoms with Gasteiger partial charge in [-0.05, 0) is 122 Å². The monoisotopic (exact) mass is 1210 g/mol. The van der Waals surface area contributed by atoms with Gasteiger partial charge in [-0.1, -0.05) is 195 Å². The Balaban J connectivity index is 4.66. The molecule has 0 aromatic rings. The Morgan fingerprint density at radius 3 is 1.05 bits per heavy atom. The average Bonchev–Trinajstić information content (AvgIpc) is 3.47. The Bertz CT molecular complexity index is 1910. The lowest BCUT2D eigenvalue weighted by Gasteiger charge is -2.21. The largest absolute Gasteiger partial charge is 0.472 e. The van der Waals surface area contributed by atoms with Crippen molar-refractivity contribution in [1.82, 2.24) is 0 Å². The Labute approximate surface area is 501 Å². The summed E-state index contributed by atoms with van der Waals surface area (Å²) in [6.07, 6.45) is 61.9. The average molecular weight is 1210 g/mol. The number of phosphoric acid groups is 2. The molecule has 18 heteroatoms. The summed E-state index contributed by atoms with van der Waals surface area (Å²) in [5.74, 6) is -1.64. The zero-order chi connectivity index (χ0) is 61.0. The first-order valence-corrected chi connectivity index (χ1v) is 34.5. The number of ether oxygens (including phenoxy) is 3. The molecular weight excluding hydrogens is 1100 g/mol. The highest BCUT2D eigenvalue weighted by molar-refractivity contribution is 7.47. The second-order valence-electron chi connectivity index (χ2n) is 20.8. The molecule has 0 aromatic heterocycles. The zero-order valence-electron chi connectivity index (χ0n) is 51.3. The van der Waals surface area contributed by atoms with Crippen molar-refractivity contribution in [3.63, 3.8) is 0 Å². The zero-order valence-corrected chi connectivity index (χ0v) is 53.1. The number of phosphoric ester groups is 2. The molecule has 5 atom stereocenters. The smallest absolute Gasteiger partial charge is 0.463 e. The van der Waals surface area contributed by atoms with Crippen molar-refractivity contribution in [2.45, 2.75) is 257 Å². The maximum Gasteiger partial charge on any atom is 0.472 e. The molecule has 0 radical (unpaired) electrons. The van der Waals surface area contributed by atoms with Crippen LogP contribution in [-0.2, 0) is 55.8 Å². The van der Waals surface area contributed by atoms with Gasteiger partial charge < -0.3 is 34.2 Å². The van der Waals surface area contributed by atoms with Gasteiger partial charge >= 0.3 is 33.6 Å². The Kier molecular flexibility index (Phi) is 56.3. The summed E-state index contributed by atoms with van der Waals surface area (Å²) < 4.78 is 60.6. The first-order valence-electron chi connectivity index (χ1n) is 31.5. The highest BCUT2D eigenvalue weighted by atomic mass is 31.2. The second-order valence-corrected chi connectivity index (χ2v) is 23.7. The van der Waals surface area contributed by atoms with Crippen molar-refractivity contribution in [1.29, 1.82) is 0 Å². The summed E-state index contributed by atoms with van der Waals surface area (Å²) >= 11 is 0. The highest BCUT2D eigenvalue weighted by Crippen LogP contribution is 2.45. The molecule has 0 spiro atoms. The van der Waals surface area contributed by atoms with Gasteiger partial charge in [-0.25, -0.2) is 9.13 Å². The minimum Gasteiger partial charge on any atom is -0.463 e. The van der Waals surface area contributed by atoms with Gasteiger partial charge in [-0.2, -0.15) is 0 Å². The predicted octanol–water partition coefficient (Wildman–Crippen LogP) is 16.7. The van der Waals surface area contributed by atoms with Crippen LogP contribution in [0.1, 0.15) is 239 Å². The van der Waals surface area contributed by atoms with Gasteiger partial charge in [0.1, 0.15) is 25.4 Å². The highest BCUT2D eigenvalue weighted by Gasteiger charge is 2.29. The van der Waals surface area contributed by atoms with Gasteiger partial charge in [0.05, 0.1) is 26.4 Å². The van der Waals surface area contributed by atoms with Gasteiger partial charge in [0, 0.05) is 19.3 Å². The minimum absolute atomic E-state index is 0.0918. The molecule has 0 bridgehead atoms. The molecular formula is C65H112O16P2. The number of aliphatic hydroxyl groups excluding tert-OH is 2. The van der Waals surface area contributed by atoms with E-state index in [9.17, 15) is 43.5 Å². The van der Waals surface area contributed by atoms with E-state index in [4.69, 9.17) is 32.3 Å². The molecule has 478 valence electrons. The molecule has 16 nitrogen and oxygen atoms in total. The number of carbonyl (C=O) groups is 3. The molecule has 0 aliphatic heterocycles. The molecule has 0 aliphatic rings. The van der Waals surface area contributed by atoms with E-state index in [1.165, 1.54) is 51.4 Å². The number of unbranched alkanes of at least 4 members (excludes halogenated alkanes) is 20. The lowest BCUT2D eigenvalue weighted by Crippen LogP contribution is -2.30. The van der Waals surface area contributed by atoms with Gasteiger partial charge in [-0.15, -0.1) is 0 Å². The van der Waals surface area contributed by atoms with Crippen molar-refractivity contribution in [3.05, 3.63) is 97.2 Å². The molecule has 5 unspecified atom stereocenters. The molecule has 4 N–H and O–H groups in total.